The Kier molecular flexibility index (Phi) is 6.91. The summed E-state index contributed by atoms with van der Waals surface area (Å²) >= 11 is 5.99. The van der Waals surface area contributed by atoms with Gasteiger partial charge in [-0.2, -0.15) is 0 Å². The Morgan fingerprint density at radius 1 is 1.00 bits per heavy atom. The Labute approximate surface area is 187 Å². The number of pyridine rings is 1. The van der Waals surface area contributed by atoms with Crippen molar-refractivity contribution in [2.24, 2.45) is 0 Å². The van der Waals surface area contributed by atoms with Crippen molar-refractivity contribution in [2.45, 2.75) is 27.0 Å². The first-order valence-electron chi connectivity index (χ1n) is 9.51. The van der Waals surface area contributed by atoms with Crippen LogP contribution in [-0.4, -0.2) is 16.7 Å². The quantitative estimate of drug-likeness (QED) is 0.348. The fraction of sp³-hybridized carbons (Fsp3) is 0.208. The van der Waals surface area contributed by atoms with Gasteiger partial charge in [0, 0.05) is 29.5 Å². The number of halogens is 2. The summed E-state index contributed by atoms with van der Waals surface area (Å²) in [6.07, 6.45) is 1.81. The van der Waals surface area contributed by atoms with Crippen molar-refractivity contribution in [2.75, 3.05) is 7.11 Å². The predicted octanol–water partition coefficient (Wildman–Crippen LogP) is 6.36. The lowest BCUT2D eigenvalue weighted by Crippen LogP contribution is -2.04. The summed E-state index contributed by atoms with van der Waals surface area (Å²) in [5.41, 5.74) is 6.56. The number of hydrogen-bond donors (Lipinski definition) is 0. The van der Waals surface area contributed by atoms with Crippen molar-refractivity contribution in [3.63, 3.8) is 0 Å². The minimum absolute atomic E-state index is 0. The van der Waals surface area contributed by atoms with Crippen molar-refractivity contribution in [3.8, 4) is 11.5 Å². The predicted molar refractivity (Wildman–Crippen MR) is 124 cm³/mol. The van der Waals surface area contributed by atoms with Gasteiger partial charge in [-0.05, 0) is 54.8 Å². The van der Waals surface area contributed by atoms with E-state index in [1.807, 2.05) is 48.7 Å². The van der Waals surface area contributed by atoms with Gasteiger partial charge in [-0.25, -0.2) is 0 Å². The van der Waals surface area contributed by atoms with Crippen LogP contribution in [0.2, 0.25) is 5.02 Å². The third-order valence-electron chi connectivity index (χ3n) is 5.24. The molecule has 0 atom stereocenters. The van der Waals surface area contributed by atoms with Crippen molar-refractivity contribution < 1.29 is 9.47 Å². The summed E-state index contributed by atoms with van der Waals surface area (Å²) in [6, 6.07) is 17.8. The molecule has 4 aromatic rings. The average Bonchev–Trinajstić information content (AvgIpc) is 2.99. The van der Waals surface area contributed by atoms with Gasteiger partial charge in [0.2, 0.25) is 0 Å². The van der Waals surface area contributed by atoms with E-state index in [-0.39, 0.29) is 12.4 Å². The Bertz CT molecular complexity index is 1150. The van der Waals surface area contributed by atoms with E-state index < -0.39 is 0 Å². The lowest BCUT2D eigenvalue weighted by molar-refractivity contribution is 0.308. The molecule has 4 nitrogen and oxygen atoms in total. The van der Waals surface area contributed by atoms with Crippen LogP contribution in [0.15, 0.2) is 60.8 Å². The number of methoxy groups -OCH3 is 1. The van der Waals surface area contributed by atoms with Crippen LogP contribution in [0.3, 0.4) is 0 Å². The maximum absolute atomic E-state index is 6.21. The normalized spacial score (nSPS) is 10.7. The Morgan fingerprint density at radius 2 is 1.77 bits per heavy atom. The van der Waals surface area contributed by atoms with Crippen molar-refractivity contribution >= 4 is 35.0 Å². The van der Waals surface area contributed by atoms with E-state index in [1.54, 1.807) is 7.11 Å². The highest BCUT2D eigenvalue weighted by atomic mass is 35.5. The largest absolute Gasteiger partial charge is 0.497 e. The van der Waals surface area contributed by atoms with E-state index in [4.69, 9.17) is 21.1 Å². The Morgan fingerprint density at radius 3 is 2.50 bits per heavy atom. The number of benzene rings is 2. The van der Waals surface area contributed by atoms with Crippen molar-refractivity contribution in [1.29, 1.82) is 0 Å². The molecule has 0 aliphatic heterocycles. The SMILES string of the molecule is COc1cccc(Cn2c(C)c(C)c3nccc(OCc4ccc(Cl)cc4)c32)c1.Cl. The summed E-state index contributed by atoms with van der Waals surface area (Å²) in [7, 11) is 1.69. The minimum Gasteiger partial charge on any atom is -0.497 e. The average molecular weight is 443 g/mol. The molecule has 0 radical (unpaired) electrons. The lowest BCUT2D eigenvalue weighted by Gasteiger charge is -2.13. The van der Waals surface area contributed by atoms with Gasteiger partial charge in [0.15, 0.2) is 0 Å². The monoisotopic (exact) mass is 442 g/mol. The van der Waals surface area contributed by atoms with Gasteiger partial charge in [-0.15, -0.1) is 12.4 Å². The minimum atomic E-state index is 0. The lowest BCUT2D eigenvalue weighted by atomic mass is 10.2. The molecule has 0 fully saturated rings. The number of aromatic nitrogens is 2. The molecule has 2 heterocycles. The number of aryl methyl sites for hydroxylation is 1. The molecule has 0 spiro atoms. The summed E-state index contributed by atoms with van der Waals surface area (Å²) < 4.78 is 13.9. The fourth-order valence-corrected chi connectivity index (χ4v) is 3.65. The Balaban J connectivity index is 0.00000256. The molecule has 2 aromatic heterocycles. The second-order valence-electron chi connectivity index (χ2n) is 7.07. The van der Waals surface area contributed by atoms with Crippen LogP contribution in [0.1, 0.15) is 22.4 Å². The zero-order valence-corrected chi connectivity index (χ0v) is 18.8. The molecule has 4 rings (SSSR count). The van der Waals surface area contributed by atoms with Gasteiger partial charge in [0.05, 0.1) is 12.6 Å². The summed E-state index contributed by atoms with van der Waals surface area (Å²) in [5, 5.41) is 0.721. The van der Waals surface area contributed by atoms with Crippen LogP contribution in [0, 0.1) is 13.8 Å². The molecule has 0 N–H and O–H groups in total. The van der Waals surface area contributed by atoms with E-state index in [2.05, 4.69) is 35.5 Å². The highest BCUT2D eigenvalue weighted by Gasteiger charge is 2.17. The summed E-state index contributed by atoms with van der Waals surface area (Å²) in [6.45, 7) is 5.42. The number of fused-ring (bicyclic) bond motifs is 1. The fourth-order valence-electron chi connectivity index (χ4n) is 3.52. The molecular formula is C24H24Cl2N2O2. The van der Waals surface area contributed by atoms with Gasteiger partial charge in [0.1, 0.15) is 23.6 Å². The van der Waals surface area contributed by atoms with E-state index in [0.717, 1.165) is 45.2 Å². The van der Waals surface area contributed by atoms with Gasteiger partial charge in [-0.3, -0.25) is 4.98 Å². The topological polar surface area (TPSA) is 36.3 Å². The number of ether oxygens (including phenoxy) is 2. The van der Waals surface area contributed by atoms with Gasteiger partial charge >= 0.3 is 0 Å². The van der Waals surface area contributed by atoms with Crippen LogP contribution in [0.4, 0.5) is 0 Å². The standard InChI is InChI=1S/C24H23ClN2O2.ClH/c1-16-17(2)27(14-19-5-4-6-21(13-19)28-3)24-22(11-12-26-23(16)24)29-15-18-7-9-20(25)10-8-18;/h4-13H,14-15H2,1-3H3;1H. The molecule has 0 bridgehead atoms. The maximum Gasteiger partial charge on any atom is 0.147 e. The molecule has 0 saturated heterocycles. The highest BCUT2D eigenvalue weighted by molar-refractivity contribution is 6.30. The van der Waals surface area contributed by atoms with Crippen LogP contribution >= 0.6 is 24.0 Å². The molecule has 156 valence electrons. The number of hydrogen-bond acceptors (Lipinski definition) is 3. The molecule has 0 aliphatic carbocycles. The van der Waals surface area contributed by atoms with Crippen LogP contribution in [0.5, 0.6) is 11.5 Å². The smallest absolute Gasteiger partial charge is 0.147 e. The molecule has 2 aromatic carbocycles. The zero-order chi connectivity index (χ0) is 20.4. The van der Waals surface area contributed by atoms with E-state index in [9.17, 15) is 0 Å². The van der Waals surface area contributed by atoms with E-state index >= 15 is 0 Å². The molecule has 30 heavy (non-hydrogen) atoms. The van der Waals surface area contributed by atoms with Crippen LogP contribution in [-0.2, 0) is 13.2 Å². The van der Waals surface area contributed by atoms with Gasteiger partial charge in [-0.1, -0.05) is 35.9 Å². The van der Waals surface area contributed by atoms with Crippen LogP contribution < -0.4 is 9.47 Å². The first-order valence-corrected chi connectivity index (χ1v) is 9.89. The van der Waals surface area contributed by atoms with E-state index in [1.165, 1.54) is 11.3 Å². The molecular weight excluding hydrogens is 419 g/mol. The number of rotatable bonds is 6. The van der Waals surface area contributed by atoms with Gasteiger partial charge < -0.3 is 14.0 Å². The zero-order valence-electron chi connectivity index (χ0n) is 17.2. The maximum atomic E-state index is 6.21. The second kappa shape index (κ2) is 9.41. The van der Waals surface area contributed by atoms with Crippen LogP contribution in [0.25, 0.3) is 11.0 Å². The van der Waals surface area contributed by atoms with E-state index in [0.29, 0.717) is 6.61 Å². The summed E-state index contributed by atoms with van der Waals surface area (Å²) in [4.78, 5) is 4.62. The summed E-state index contributed by atoms with van der Waals surface area (Å²) in [5.74, 6) is 1.68. The van der Waals surface area contributed by atoms with Crippen molar-refractivity contribution in [1.82, 2.24) is 9.55 Å². The third kappa shape index (κ3) is 4.40. The molecule has 0 aliphatic rings. The Hall–Kier alpha value is -2.69. The first kappa shape index (κ1) is 22.0. The molecule has 0 amide bonds. The first-order chi connectivity index (χ1) is 14.1. The highest BCUT2D eigenvalue weighted by Crippen LogP contribution is 2.32. The van der Waals surface area contributed by atoms with Gasteiger partial charge in [0.25, 0.3) is 0 Å². The third-order valence-corrected chi connectivity index (χ3v) is 5.49. The molecule has 0 unspecified atom stereocenters. The second-order valence-corrected chi connectivity index (χ2v) is 7.51. The van der Waals surface area contributed by atoms with Crippen molar-refractivity contribution in [3.05, 3.63) is 88.2 Å². The number of nitrogens with zero attached hydrogens (tertiary/aromatic N) is 2. The molecule has 0 saturated carbocycles. The molecule has 6 heteroatoms.